The van der Waals surface area contributed by atoms with E-state index in [0.717, 1.165) is 29.2 Å². The van der Waals surface area contributed by atoms with E-state index in [1.165, 1.54) is 0 Å². The van der Waals surface area contributed by atoms with Gasteiger partial charge in [-0.1, -0.05) is 35.3 Å². The lowest BCUT2D eigenvalue weighted by atomic mass is 10.2. The Morgan fingerprint density at radius 1 is 1.00 bits per heavy atom. The van der Waals surface area contributed by atoms with Crippen LogP contribution in [0.3, 0.4) is 0 Å². The van der Waals surface area contributed by atoms with Crippen LogP contribution in [0.1, 0.15) is 12.0 Å². The van der Waals surface area contributed by atoms with Gasteiger partial charge in [-0.05, 0) is 23.8 Å². The molecule has 3 rings (SSSR count). The van der Waals surface area contributed by atoms with Crippen molar-refractivity contribution in [3.63, 3.8) is 0 Å². The number of ether oxygens (including phenoxy) is 2. The molecule has 1 aliphatic rings. The third kappa shape index (κ3) is 3.36. The highest BCUT2D eigenvalue weighted by Gasteiger charge is 2.11. The molecule has 1 N–H and O–H groups in total. The Kier molecular flexibility index (Phi) is 4.42. The first-order valence-corrected chi connectivity index (χ1v) is 7.56. The molecule has 3 nitrogen and oxygen atoms in total. The van der Waals surface area contributed by atoms with E-state index in [0.29, 0.717) is 29.8 Å². The molecule has 21 heavy (non-hydrogen) atoms. The lowest BCUT2D eigenvalue weighted by Crippen LogP contribution is -2.01. The van der Waals surface area contributed by atoms with Crippen molar-refractivity contribution >= 4 is 28.9 Å². The molecule has 0 aromatic heterocycles. The van der Waals surface area contributed by atoms with Gasteiger partial charge in [0.15, 0.2) is 11.5 Å². The number of halogens is 2. The predicted octanol–water partition coefficient (Wildman–Crippen LogP) is 4.77. The lowest BCUT2D eigenvalue weighted by molar-refractivity contribution is 0.297. The predicted molar refractivity (Wildman–Crippen MR) is 85.8 cm³/mol. The van der Waals surface area contributed by atoms with Gasteiger partial charge in [-0.2, -0.15) is 0 Å². The maximum Gasteiger partial charge on any atom is 0.163 e. The van der Waals surface area contributed by atoms with Crippen LogP contribution in [0.2, 0.25) is 10.0 Å². The Morgan fingerprint density at radius 2 is 1.81 bits per heavy atom. The number of hydrogen-bond acceptors (Lipinski definition) is 3. The second-order valence-electron chi connectivity index (χ2n) is 4.78. The van der Waals surface area contributed by atoms with Crippen molar-refractivity contribution < 1.29 is 9.47 Å². The third-order valence-electron chi connectivity index (χ3n) is 3.26. The minimum absolute atomic E-state index is 0.564. The highest BCUT2D eigenvalue weighted by molar-refractivity contribution is 6.42. The van der Waals surface area contributed by atoms with Gasteiger partial charge in [0.25, 0.3) is 0 Å². The van der Waals surface area contributed by atoms with Crippen molar-refractivity contribution in [3.05, 3.63) is 52.0 Å². The smallest absolute Gasteiger partial charge is 0.163 e. The first-order valence-electron chi connectivity index (χ1n) is 6.80. The molecule has 0 amide bonds. The average Bonchev–Trinajstić information content (AvgIpc) is 2.73. The summed E-state index contributed by atoms with van der Waals surface area (Å²) < 4.78 is 11.3. The Labute approximate surface area is 133 Å². The molecule has 0 radical (unpaired) electrons. The minimum atomic E-state index is 0.564. The molecular formula is C16H15Cl2NO2. The van der Waals surface area contributed by atoms with Crippen molar-refractivity contribution in [2.45, 2.75) is 13.0 Å². The van der Waals surface area contributed by atoms with Crippen LogP contribution in [0.15, 0.2) is 36.4 Å². The normalized spacial score (nSPS) is 13.6. The van der Waals surface area contributed by atoms with Crippen molar-refractivity contribution in [2.75, 3.05) is 18.5 Å². The second-order valence-corrected chi connectivity index (χ2v) is 5.56. The molecule has 0 bridgehead atoms. The summed E-state index contributed by atoms with van der Waals surface area (Å²) in [6.45, 7) is 1.97. The summed E-state index contributed by atoms with van der Waals surface area (Å²) >= 11 is 12.2. The van der Waals surface area contributed by atoms with E-state index in [4.69, 9.17) is 32.7 Å². The zero-order valence-electron chi connectivity index (χ0n) is 11.4. The van der Waals surface area contributed by atoms with Crippen LogP contribution in [0.25, 0.3) is 0 Å². The van der Waals surface area contributed by atoms with Gasteiger partial charge in [0.2, 0.25) is 0 Å². The molecule has 0 saturated carbocycles. The van der Waals surface area contributed by atoms with Crippen LogP contribution in [0.5, 0.6) is 11.5 Å². The largest absolute Gasteiger partial charge is 0.490 e. The fraction of sp³-hybridized carbons (Fsp3) is 0.250. The number of fused-ring (bicyclic) bond motifs is 1. The number of benzene rings is 2. The first-order chi connectivity index (χ1) is 10.2. The van der Waals surface area contributed by atoms with Crippen LogP contribution in [-0.2, 0) is 6.54 Å². The summed E-state index contributed by atoms with van der Waals surface area (Å²) in [5.41, 5.74) is 1.91. The molecule has 1 heterocycles. The van der Waals surface area contributed by atoms with Gasteiger partial charge in [0.1, 0.15) is 0 Å². The van der Waals surface area contributed by atoms with Crippen LogP contribution in [-0.4, -0.2) is 13.2 Å². The van der Waals surface area contributed by atoms with Gasteiger partial charge in [-0.3, -0.25) is 0 Å². The van der Waals surface area contributed by atoms with Crippen LogP contribution >= 0.6 is 23.2 Å². The molecular weight excluding hydrogens is 309 g/mol. The third-order valence-corrected chi connectivity index (χ3v) is 4.12. The molecule has 0 unspecified atom stereocenters. The molecule has 0 saturated heterocycles. The van der Waals surface area contributed by atoms with Gasteiger partial charge in [-0.15, -0.1) is 0 Å². The zero-order valence-corrected chi connectivity index (χ0v) is 12.9. The van der Waals surface area contributed by atoms with Crippen molar-refractivity contribution in [1.82, 2.24) is 0 Å². The van der Waals surface area contributed by atoms with Crippen LogP contribution in [0, 0.1) is 0 Å². The van der Waals surface area contributed by atoms with Crippen LogP contribution < -0.4 is 14.8 Å². The molecule has 0 atom stereocenters. The fourth-order valence-electron chi connectivity index (χ4n) is 2.16. The summed E-state index contributed by atoms with van der Waals surface area (Å²) in [6, 6.07) is 11.4. The van der Waals surface area contributed by atoms with E-state index >= 15 is 0 Å². The summed E-state index contributed by atoms with van der Waals surface area (Å²) in [6.07, 6.45) is 0.898. The Bertz CT molecular complexity index is 646. The molecule has 110 valence electrons. The average molecular weight is 324 g/mol. The quantitative estimate of drug-likeness (QED) is 0.882. The van der Waals surface area contributed by atoms with Gasteiger partial charge < -0.3 is 14.8 Å². The number of rotatable bonds is 3. The lowest BCUT2D eigenvalue weighted by Gasteiger charge is -2.12. The Hall–Kier alpha value is -1.58. The number of nitrogens with one attached hydrogen (secondary N) is 1. The standard InChI is InChI=1S/C16H15Cl2NO2/c17-13-4-1-3-11(16(13)18)10-19-12-5-6-14-15(9-12)21-8-2-7-20-14/h1,3-6,9,19H,2,7-8,10H2. The number of anilines is 1. The van der Waals surface area contributed by atoms with Crippen molar-refractivity contribution in [3.8, 4) is 11.5 Å². The van der Waals surface area contributed by atoms with Crippen LogP contribution in [0.4, 0.5) is 5.69 Å². The van der Waals surface area contributed by atoms with Gasteiger partial charge in [0, 0.05) is 24.7 Å². The van der Waals surface area contributed by atoms with Gasteiger partial charge >= 0.3 is 0 Å². The molecule has 5 heteroatoms. The minimum Gasteiger partial charge on any atom is -0.490 e. The van der Waals surface area contributed by atoms with E-state index in [-0.39, 0.29) is 0 Å². The second kappa shape index (κ2) is 6.46. The van der Waals surface area contributed by atoms with Gasteiger partial charge in [0.05, 0.1) is 23.3 Å². The highest BCUT2D eigenvalue weighted by Crippen LogP contribution is 2.33. The van der Waals surface area contributed by atoms with Gasteiger partial charge in [-0.25, -0.2) is 0 Å². The Morgan fingerprint density at radius 3 is 2.67 bits per heavy atom. The maximum atomic E-state index is 6.18. The van der Waals surface area contributed by atoms with E-state index in [1.807, 2.05) is 30.3 Å². The Balaban J connectivity index is 1.73. The maximum absolute atomic E-state index is 6.18. The highest BCUT2D eigenvalue weighted by atomic mass is 35.5. The molecule has 1 aliphatic heterocycles. The van der Waals surface area contributed by atoms with E-state index in [1.54, 1.807) is 6.07 Å². The summed E-state index contributed by atoms with van der Waals surface area (Å²) in [7, 11) is 0. The molecule has 0 fully saturated rings. The monoisotopic (exact) mass is 323 g/mol. The topological polar surface area (TPSA) is 30.5 Å². The summed E-state index contributed by atoms with van der Waals surface area (Å²) in [5.74, 6) is 1.56. The molecule has 2 aromatic rings. The zero-order chi connectivity index (χ0) is 14.7. The number of hydrogen-bond donors (Lipinski definition) is 1. The molecule has 0 aliphatic carbocycles. The molecule has 0 spiro atoms. The van der Waals surface area contributed by atoms with Crippen molar-refractivity contribution in [1.29, 1.82) is 0 Å². The van der Waals surface area contributed by atoms with Crippen molar-refractivity contribution in [2.24, 2.45) is 0 Å². The summed E-state index contributed by atoms with van der Waals surface area (Å²) in [4.78, 5) is 0. The van der Waals surface area contributed by atoms with E-state index in [9.17, 15) is 0 Å². The first kappa shape index (κ1) is 14.4. The fourth-order valence-corrected chi connectivity index (χ4v) is 2.54. The van der Waals surface area contributed by atoms with E-state index < -0.39 is 0 Å². The van der Waals surface area contributed by atoms with E-state index in [2.05, 4.69) is 5.32 Å². The SMILES string of the molecule is Clc1cccc(CNc2ccc3c(c2)OCCCO3)c1Cl. The summed E-state index contributed by atoms with van der Waals surface area (Å²) in [5, 5.41) is 4.47. The molecule has 2 aromatic carbocycles.